The maximum atomic E-state index is 5.87. The number of nitrogens with zero attached hydrogens (tertiary/aromatic N) is 2. The molecular weight excluding hydrogens is 200 g/mol. The number of hydrazine groups is 1. The number of halogens is 1. The molecule has 0 atom stereocenters. The average Bonchev–Trinajstić information content (AvgIpc) is 2.54. The van der Waals surface area contributed by atoms with E-state index in [2.05, 4.69) is 10.4 Å². The number of imidazole rings is 1. The van der Waals surface area contributed by atoms with Crippen LogP contribution >= 0.6 is 11.6 Å². The lowest BCUT2D eigenvalue weighted by molar-refractivity contribution is 0.791. The first-order valence-electron chi connectivity index (χ1n) is 4.38. The highest BCUT2D eigenvalue weighted by atomic mass is 35.5. The van der Waals surface area contributed by atoms with Crippen LogP contribution in [0, 0.1) is 0 Å². The van der Waals surface area contributed by atoms with E-state index in [1.807, 2.05) is 29.7 Å². The quantitative estimate of drug-likeness (QED) is 0.589. The average molecular weight is 211 g/mol. The lowest BCUT2D eigenvalue weighted by Crippen LogP contribution is -2.12. The highest BCUT2D eigenvalue weighted by molar-refractivity contribution is 6.31. The van der Waals surface area contributed by atoms with Gasteiger partial charge in [-0.3, -0.25) is 5.43 Å². The van der Waals surface area contributed by atoms with Crippen LogP contribution in [0.3, 0.4) is 0 Å². The molecule has 0 aliphatic carbocycles. The van der Waals surface area contributed by atoms with Gasteiger partial charge >= 0.3 is 0 Å². The number of aromatic nitrogens is 2. The van der Waals surface area contributed by atoms with Gasteiger partial charge in [-0.15, -0.1) is 0 Å². The van der Waals surface area contributed by atoms with Crippen LogP contribution in [-0.4, -0.2) is 9.55 Å². The fourth-order valence-electron chi connectivity index (χ4n) is 1.53. The molecule has 0 amide bonds. The lowest BCUT2D eigenvalue weighted by atomic mass is 10.3. The number of anilines is 1. The van der Waals surface area contributed by atoms with Gasteiger partial charge in [0.25, 0.3) is 0 Å². The molecule has 4 nitrogen and oxygen atoms in total. The van der Waals surface area contributed by atoms with E-state index >= 15 is 0 Å². The van der Waals surface area contributed by atoms with Crippen molar-refractivity contribution in [2.75, 3.05) is 5.43 Å². The van der Waals surface area contributed by atoms with Crippen molar-refractivity contribution in [2.24, 2.45) is 5.84 Å². The predicted octanol–water partition coefficient (Wildman–Crippen LogP) is 2.00. The van der Waals surface area contributed by atoms with Gasteiger partial charge in [0, 0.05) is 11.6 Å². The molecule has 0 spiro atoms. The zero-order valence-corrected chi connectivity index (χ0v) is 8.54. The molecule has 1 aromatic carbocycles. The third kappa shape index (κ3) is 1.32. The summed E-state index contributed by atoms with van der Waals surface area (Å²) in [6.07, 6.45) is 0. The summed E-state index contributed by atoms with van der Waals surface area (Å²) in [5.74, 6) is 6.02. The van der Waals surface area contributed by atoms with Crippen LogP contribution in [0.25, 0.3) is 11.0 Å². The Morgan fingerprint density at radius 3 is 3.00 bits per heavy atom. The van der Waals surface area contributed by atoms with Crippen molar-refractivity contribution < 1.29 is 0 Å². The molecule has 0 saturated heterocycles. The Balaban J connectivity index is 2.73. The zero-order chi connectivity index (χ0) is 10.1. The van der Waals surface area contributed by atoms with Crippen LogP contribution in [0.15, 0.2) is 18.2 Å². The molecule has 2 aromatic rings. The van der Waals surface area contributed by atoms with E-state index in [4.69, 9.17) is 17.4 Å². The molecular formula is C9H11ClN4. The van der Waals surface area contributed by atoms with Gasteiger partial charge in [-0.25, -0.2) is 10.8 Å². The highest BCUT2D eigenvalue weighted by Gasteiger charge is 2.07. The lowest BCUT2D eigenvalue weighted by Gasteiger charge is -2.03. The number of nitrogen functional groups attached to an aromatic ring is 1. The van der Waals surface area contributed by atoms with E-state index in [0.29, 0.717) is 11.0 Å². The summed E-state index contributed by atoms with van der Waals surface area (Å²) in [6.45, 7) is 2.86. The van der Waals surface area contributed by atoms with Gasteiger partial charge < -0.3 is 4.57 Å². The molecule has 1 aromatic heterocycles. The second-order valence-electron chi connectivity index (χ2n) is 2.96. The standard InChI is InChI=1S/C9H11ClN4/c1-2-14-8-4-3-6(10)5-7(8)12-9(14)13-11/h3-5H,2,11H2,1H3,(H,12,13). The fraction of sp³-hybridized carbons (Fsp3) is 0.222. The van der Waals surface area contributed by atoms with Crippen LogP contribution in [-0.2, 0) is 6.54 Å². The first kappa shape index (κ1) is 9.30. The van der Waals surface area contributed by atoms with Crippen LogP contribution < -0.4 is 11.3 Å². The molecule has 0 bridgehead atoms. The van der Waals surface area contributed by atoms with E-state index in [1.54, 1.807) is 0 Å². The second kappa shape index (κ2) is 3.48. The predicted molar refractivity (Wildman–Crippen MR) is 58.2 cm³/mol. The topological polar surface area (TPSA) is 55.9 Å². The number of nitrogens with two attached hydrogens (primary N) is 1. The maximum Gasteiger partial charge on any atom is 0.218 e. The largest absolute Gasteiger partial charge is 0.309 e. The Labute approximate surface area is 86.6 Å². The fourth-order valence-corrected chi connectivity index (χ4v) is 1.70. The van der Waals surface area contributed by atoms with Crippen molar-refractivity contribution in [1.29, 1.82) is 0 Å². The van der Waals surface area contributed by atoms with E-state index in [0.717, 1.165) is 17.6 Å². The number of fused-ring (bicyclic) bond motifs is 1. The molecule has 2 rings (SSSR count). The number of hydrogen-bond acceptors (Lipinski definition) is 3. The molecule has 0 radical (unpaired) electrons. The summed E-state index contributed by atoms with van der Waals surface area (Å²) in [6, 6.07) is 5.61. The summed E-state index contributed by atoms with van der Waals surface area (Å²) in [5.41, 5.74) is 4.45. The van der Waals surface area contributed by atoms with Gasteiger partial charge in [-0.2, -0.15) is 0 Å². The molecule has 0 saturated carbocycles. The van der Waals surface area contributed by atoms with Gasteiger partial charge in [-0.05, 0) is 25.1 Å². The van der Waals surface area contributed by atoms with E-state index in [9.17, 15) is 0 Å². The van der Waals surface area contributed by atoms with Crippen LogP contribution in [0.1, 0.15) is 6.92 Å². The van der Waals surface area contributed by atoms with Crippen molar-refractivity contribution in [1.82, 2.24) is 9.55 Å². The van der Waals surface area contributed by atoms with Gasteiger partial charge in [0.2, 0.25) is 5.95 Å². The Morgan fingerprint density at radius 1 is 1.57 bits per heavy atom. The van der Waals surface area contributed by atoms with Crippen molar-refractivity contribution in [3.63, 3.8) is 0 Å². The van der Waals surface area contributed by atoms with Crippen molar-refractivity contribution in [3.05, 3.63) is 23.2 Å². The third-order valence-electron chi connectivity index (χ3n) is 2.16. The first-order chi connectivity index (χ1) is 6.76. The molecule has 5 heteroatoms. The molecule has 0 unspecified atom stereocenters. The minimum absolute atomic E-state index is 0.657. The zero-order valence-electron chi connectivity index (χ0n) is 7.79. The Morgan fingerprint density at radius 2 is 2.36 bits per heavy atom. The van der Waals surface area contributed by atoms with Crippen molar-refractivity contribution in [2.45, 2.75) is 13.5 Å². The maximum absolute atomic E-state index is 5.87. The second-order valence-corrected chi connectivity index (χ2v) is 3.39. The van der Waals surface area contributed by atoms with Gasteiger partial charge in [-0.1, -0.05) is 11.6 Å². The molecule has 1 heterocycles. The normalized spacial score (nSPS) is 10.8. The van der Waals surface area contributed by atoms with Crippen LogP contribution in [0.4, 0.5) is 5.95 Å². The van der Waals surface area contributed by atoms with E-state index < -0.39 is 0 Å². The Bertz CT molecular complexity index is 463. The smallest absolute Gasteiger partial charge is 0.218 e. The Hall–Kier alpha value is -1.26. The SMILES string of the molecule is CCn1c(NN)nc2cc(Cl)ccc21. The van der Waals surface area contributed by atoms with E-state index in [-0.39, 0.29) is 0 Å². The van der Waals surface area contributed by atoms with E-state index in [1.165, 1.54) is 0 Å². The first-order valence-corrected chi connectivity index (χ1v) is 4.76. The number of nitrogens with one attached hydrogen (secondary N) is 1. The number of benzene rings is 1. The third-order valence-corrected chi connectivity index (χ3v) is 2.39. The minimum Gasteiger partial charge on any atom is -0.309 e. The molecule has 0 aliphatic heterocycles. The molecule has 3 N–H and O–H groups in total. The van der Waals surface area contributed by atoms with Crippen LogP contribution in [0.5, 0.6) is 0 Å². The summed E-state index contributed by atoms with van der Waals surface area (Å²) < 4.78 is 1.99. The Kier molecular flexibility index (Phi) is 2.31. The minimum atomic E-state index is 0.657. The van der Waals surface area contributed by atoms with Crippen LogP contribution in [0.2, 0.25) is 5.02 Å². The molecule has 14 heavy (non-hydrogen) atoms. The summed E-state index contributed by atoms with van der Waals surface area (Å²) >= 11 is 5.87. The summed E-state index contributed by atoms with van der Waals surface area (Å²) in [5, 5.41) is 0.682. The van der Waals surface area contributed by atoms with Gasteiger partial charge in [0.1, 0.15) is 0 Å². The molecule has 0 fully saturated rings. The highest BCUT2D eigenvalue weighted by Crippen LogP contribution is 2.22. The van der Waals surface area contributed by atoms with Crippen molar-refractivity contribution >= 4 is 28.6 Å². The summed E-state index contributed by atoms with van der Waals surface area (Å²) in [4.78, 5) is 4.31. The number of hydrogen-bond donors (Lipinski definition) is 2. The molecule has 0 aliphatic rings. The van der Waals surface area contributed by atoms with Crippen molar-refractivity contribution in [3.8, 4) is 0 Å². The summed E-state index contributed by atoms with van der Waals surface area (Å²) in [7, 11) is 0. The number of aryl methyl sites for hydroxylation is 1. The van der Waals surface area contributed by atoms with Gasteiger partial charge in [0.15, 0.2) is 0 Å². The number of rotatable bonds is 2. The van der Waals surface area contributed by atoms with Gasteiger partial charge in [0.05, 0.1) is 11.0 Å². The molecule has 74 valence electrons. The monoisotopic (exact) mass is 210 g/mol.